The number of hydrogen-bond donors (Lipinski definition) is 1. The van der Waals surface area contributed by atoms with E-state index in [1.165, 1.54) is 25.2 Å². The molecule has 0 aliphatic rings. The van der Waals surface area contributed by atoms with Crippen molar-refractivity contribution in [2.45, 2.75) is 27.7 Å². The van der Waals surface area contributed by atoms with Crippen LogP contribution in [0.5, 0.6) is 0 Å². The van der Waals surface area contributed by atoms with E-state index in [1.54, 1.807) is 69.3 Å². The van der Waals surface area contributed by atoms with Crippen LogP contribution in [0.2, 0.25) is 0 Å². The molecular formula is C31H29N3O9. The lowest BCUT2D eigenvalue weighted by Crippen LogP contribution is -2.37. The van der Waals surface area contributed by atoms with Gasteiger partial charge in [-0.2, -0.15) is 10.5 Å². The molecule has 0 amide bonds. The maximum atomic E-state index is 12.7. The molecule has 0 fully saturated rings. The van der Waals surface area contributed by atoms with Gasteiger partial charge in [-0.3, -0.25) is 0 Å². The quantitative estimate of drug-likeness (QED) is 0.135. The molecule has 0 aromatic carbocycles. The number of aryl methyl sites for hydroxylation is 3. The van der Waals surface area contributed by atoms with E-state index in [2.05, 4.69) is 0 Å². The fraction of sp³-hybridized carbons (Fsp3) is 0.258. The minimum atomic E-state index is -1.33. The average Bonchev–Trinajstić information content (AvgIpc) is 3.71. The number of nitriles is 2. The van der Waals surface area contributed by atoms with Crippen molar-refractivity contribution in [3.05, 3.63) is 87.8 Å². The van der Waals surface area contributed by atoms with Gasteiger partial charge in [0.1, 0.15) is 83.4 Å². The molecule has 3 rings (SSSR count). The summed E-state index contributed by atoms with van der Waals surface area (Å²) < 4.78 is 32.1. The largest absolute Gasteiger partial charge is 0.462 e. The van der Waals surface area contributed by atoms with Gasteiger partial charge in [-0.15, -0.1) is 0 Å². The van der Waals surface area contributed by atoms with E-state index in [9.17, 15) is 24.9 Å². The number of ether oxygens (including phenoxy) is 3. The molecule has 0 radical (unpaired) electrons. The van der Waals surface area contributed by atoms with Crippen LogP contribution in [-0.4, -0.2) is 37.7 Å². The van der Waals surface area contributed by atoms with Gasteiger partial charge >= 0.3 is 17.9 Å². The minimum Gasteiger partial charge on any atom is -0.462 e. The van der Waals surface area contributed by atoms with E-state index in [0.29, 0.717) is 23.0 Å². The van der Waals surface area contributed by atoms with Gasteiger partial charge in [0.25, 0.3) is 0 Å². The highest BCUT2D eigenvalue weighted by Gasteiger charge is 2.32. The van der Waals surface area contributed by atoms with Crippen molar-refractivity contribution in [2.24, 2.45) is 11.1 Å². The molecule has 0 bridgehead atoms. The third-order valence-electron chi connectivity index (χ3n) is 5.73. The highest BCUT2D eigenvalue weighted by Crippen LogP contribution is 2.22. The zero-order valence-corrected chi connectivity index (χ0v) is 24.0. The van der Waals surface area contributed by atoms with E-state index in [4.69, 9.17) is 33.2 Å². The second kappa shape index (κ2) is 14.2. The Bertz CT molecular complexity index is 1580. The van der Waals surface area contributed by atoms with Crippen LogP contribution < -0.4 is 5.73 Å². The van der Waals surface area contributed by atoms with Gasteiger partial charge in [-0.1, -0.05) is 0 Å². The van der Waals surface area contributed by atoms with Gasteiger partial charge in [0.2, 0.25) is 0 Å². The van der Waals surface area contributed by atoms with Crippen LogP contribution in [0.3, 0.4) is 0 Å². The van der Waals surface area contributed by atoms with Gasteiger partial charge < -0.3 is 33.2 Å². The Kier molecular flexibility index (Phi) is 10.5. The first-order valence-electron chi connectivity index (χ1n) is 12.8. The van der Waals surface area contributed by atoms with Crippen molar-refractivity contribution in [1.29, 1.82) is 10.5 Å². The number of nitrogens with zero attached hydrogens (tertiary/aromatic N) is 2. The van der Waals surface area contributed by atoms with Crippen LogP contribution in [0.1, 0.15) is 41.5 Å². The molecule has 3 heterocycles. The molecule has 222 valence electrons. The summed E-state index contributed by atoms with van der Waals surface area (Å²) in [7, 11) is 0. The number of esters is 3. The maximum Gasteiger partial charge on any atom is 0.354 e. The Morgan fingerprint density at radius 1 is 0.698 bits per heavy atom. The van der Waals surface area contributed by atoms with Crippen LogP contribution in [0, 0.1) is 48.8 Å². The normalized spacial score (nSPS) is 12.3. The predicted molar refractivity (Wildman–Crippen MR) is 151 cm³/mol. The molecule has 12 heteroatoms. The topological polar surface area (TPSA) is 192 Å². The summed E-state index contributed by atoms with van der Waals surface area (Å²) >= 11 is 0. The molecule has 12 nitrogen and oxygen atoms in total. The molecule has 0 aliphatic carbocycles. The smallest absolute Gasteiger partial charge is 0.354 e. The number of hydrogen-bond acceptors (Lipinski definition) is 12. The van der Waals surface area contributed by atoms with Crippen LogP contribution in [-0.2, 0) is 28.6 Å². The third kappa shape index (κ3) is 9.40. The molecular weight excluding hydrogens is 558 g/mol. The number of carbonyl (C=O) groups excluding carboxylic acids is 3. The molecule has 3 aromatic heterocycles. The third-order valence-corrected chi connectivity index (χ3v) is 5.73. The first kappa shape index (κ1) is 31.8. The van der Waals surface area contributed by atoms with Gasteiger partial charge in [0, 0.05) is 18.2 Å². The molecule has 43 heavy (non-hydrogen) atoms. The lowest BCUT2D eigenvalue weighted by Gasteiger charge is -2.28. The molecule has 3 aromatic rings. The zero-order valence-electron chi connectivity index (χ0n) is 24.0. The van der Waals surface area contributed by atoms with Crippen molar-refractivity contribution in [3.63, 3.8) is 0 Å². The molecule has 0 unspecified atom stereocenters. The van der Waals surface area contributed by atoms with Gasteiger partial charge in [-0.05, 0) is 64.1 Å². The van der Waals surface area contributed by atoms with E-state index in [-0.39, 0.29) is 28.4 Å². The fourth-order valence-electron chi connectivity index (χ4n) is 3.45. The van der Waals surface area contributed by atoms with E-state index in [0.717, 1.165) is 0 Å². The predicted octanol–water partition coefficient (Wildman–Crippen LogP) is 4.54. The van der Waals surface area contributed by atoms with Crippen LogP contribution >= 0.6 is 0 Å². The summed E-state index contributed by atoms with van der Waals surface area (Å²) in [6.07, 6.45) is 3.72. The first-order chi connectivity index (χ1) is 20.4. The van der Waals surface area contributed by atoms with E-state index >= 15 is 0 Å². The number of rotatable bonds is 12. The summed E-state index contributed by atoms with van der Waals surface area (Å²) in [4.78, 5) is 38.0. The number of furan rings is 3. The highest BCUT2D eigenvalue weighted by atomic mass is 16.6. The summed E-state index contributed by atoms with van der Waals surface area (Å²) in [5, 5.41) is 18.9. The van der Waals surface area contributed by atoms with Gasteiger partial charge in [-0.25, -0.2) is 14.4 Å². The molecule has 0 saturated heterocycles. The maximum absolute atomic E-state index is 12.7. The first-order valence-corrected chi connectivity index (χ1v) is 12.8. The Morgan fingerprint density at radius 2 is 1.05 bits per heavy atom. The summed E-state index contributed by atoms with van der Waals surface area (Å²) in [5.41, 5.74) is 3.55. The van der Waals surface area contributed by atoms with Gasteiger partial charge in [0.15, 0.2) is 0 Å². The van der Waals surface area contributed by atoms with Crippen molar-refractivity contribution >= 4 is 36.1 Å². The van der Waals surface area contributed by atoms with Crippen LogP contribution in [0.15, 0.2) is 66.5 Å². The molecule has 0 atom stereocenters. The average molecular weight is 588 g/mol. The number of nitrogens with two attached hydrogens (primary N) is 1. The lowest BCUT2D eigenvalue weighted by molar-refractivity contribution is -0.155. The van der Waals surface area contributed by atoms with Crippen molar-refractivity contribution in [3.8, 4) is 12.1 Å². The fourth-order valence-corrected chi connectivity index (χ4v) is 3.45. The second-order valence-corrected chi connectivity index (χ2v) is 9.82. The number of carbonyl (C=O) groups is 3. The van der Waals surface area contributed by atoms with E-state index in [1.807, 2.05) is 0 Å². The minimum absolute atomic E-state index is 0.266. The Labute approximate surface area is 247 Å². The molecule has 0 spiro atoms. The Balaban J connectivity index is 1.75. The summed E-state index contributed by atoms with van der Waals surface area (Å²) in [5.74, 6) is -0.228. The molecule has 2 N–H and O–H groups in total. The van der Waals surface area contributed by atoms with Gasteiger partial charge in [0.05, 0.1) is 5.41 Å². The Morgan fingerprint density at radius 3 is 1.37 bits per heavy atom. The van der Waals surface area contributed by atoms with Crippen molar-refractivity contribution < 1.29 is 41.8 Å². The van der Waals surface area contributed by atoms with Crippen molar-refractivity contribution in [1.82, 2.24) is 0 Å². The summed E-state index contributed by atoms with van der Waals surface area (Å²) in [6.45, 7) is 5.31. The second-order valence-electron chi connectivity index (χ2n) is 9.82. The van der Waals surface area contributed by atoms with E-state index < -0.39 is 43.1 Å². The summed E-state index contributed by atoms with van der Waals surface area (Å²) in [6, 6.07) is 13.3. The molecule has 0 aliphatic heterocycles. The van der Waals surface area contributed by atoms with Crippen molar-refractivity contribution in [2.75, 3.05) is 19.8 Å². The lowest BCUT2D eigenvalue weighted by atomic mass is 9.94. The standard InChI is InChI=1S/C31H29N3O9/c1-19-5-8-24(41-19)11-22(14-32)28(35)38-16-31(4,18-40-30(37)27(34)13-26-10-7-21(3)43-26)17-39-29(36)23(15-33)12-25-9-6-20(2)42-25/h5-13H,16-18,34H2,1-4H3/b22-11+,23-12+,27-13-. The zero-order chi connectivity index (χ0) is 31.6. The Hall–Kier alpha value is -5.75. The van der Waals surface area contributed by atoms with Crippen LogP contribution in [0.4, 0.5) is 0 Å². The SMILES string of the molecule is Cc1ccc(/C=C(\N)C(=O)OCC(C)(COC(=O)/C(C#N)=C/c2ccc(C)o2)COC(=O)/C(C#N)=C/c2ccc(C)o2)o1. The monoisotopic (exact) mass is 587 g/mol. The highest BCUT2D eigenvalue weighted by molar-refractivity contribution is 5.98. The molecule has 0 saturated carbocycles. The van der Waals surface area contributed by atoms with Crippen LogP contribution in [0.25, 0.3) is 18.2 Å².